The van der Waals surface area contributed by atoms with Gasteiger partial charge in [0, 0.05) is 55.2 Å². The molecule has 10 aromatic carbocycles. The molecule has 12 aromatic rings. The van der Waals surface area contributed by atoms with E-state index in [-0.39, 0.29) is 49.3 Å². The predicted molar refractivity (Wildman–Crippen MR) is 298 cm³/mol. The number of hydrogen-bond acceptors (Lipinski definition) is 5. The Hall–Kier alpha value is -8.41. The van der Waals surface area contributed by atoms with Crippen molar-refractivity contribution in [3.63, 3.8) is 0 Å². The van der Waals surface area contributed by atoms with Crippen LogP contribution >= 0.6 is 0 Å². The number of anilines is 3. The topological polar surface area (TPSA) is 59.0 Å². The standard InChI is InChI=1S/C61H31B6NO4/c62-51-48(52(63)55(66)59-49(51)50-53(64)57(69)54(65)56(67)60(50)72-59)38-29-32(30-42-58(38)71-45-27-13-10-24-41(45)61(42)39-22-8-4-17-33(39)34-18-5-9-23-40(34)61)68(31-15-2-1-3-16-31)43-25-11-6-19-35(43)36-21-14-28-46-47(36)37-20-7-12-26-44(37)70-46/h1-30,69H. The van der Waals surface area contributed by atoms with Gasteiger partial charge in [-0.3, -0.25) is 0 Å². The van der Waals surface area contributed by atoms with Crippen molar-refractivity contribution in [2.24, 2.45) is 0 Å². The minimum atomic E-state index is -0.922. The molecule has 12 radical (unpaired) electrons. The van der Waals surface area contributed by atoms with Gasteiger partial charge in [0.1, 0.15) is 86.7 Å². The average Bonchev–Trinajstić information content (AvgIpc) is 4.10. The number of fused-ring (bicyclic) bond motifs is 15. The number of ether oxygens (including phenoxy) is 1. The lowest BCUT2D eigenvalue weighted by Crippen LogP contribution is -2.36. The molecule has 11 heteroatoms. The summed E-state index contributed by atoms with van der Waals surface area (Å²) in [6.07, 6.45) is 0. The molecule has 0 atom stereocenters. The fourth-order valence-electron chi connectivity index (χ4n) is 11.8. The van der Waals surface area contributed by atoms with Gasteiger partial charge in [-0.25, -0.2) is 0 Å². The van der Waals surface area contributed by atoms with Crippen molar-refractivity contribution in [2.75, 3.05) is 4.90 Å². The van der Waals surface area contributed by atoms with Crippen LogP contribution in [-0.2, 0) is 5.41 Å². The van der Waals surface area contributed by atoms with Gasteiger partial charge in [-0.05, 0) is 87.4 Å². The number of aromatic hydroxyl groups is 1. The molecule has 1 aliphatic carbocycles. The van der Waals surface area contributed by atoms with Gasteiger partial charge in [0.05, 0.1) is 11.1 Å². The second-order valence-corrected chi connectivity index (χ2v) is 18.5. The summed E-state index contributed by atoms with van der Waals surface area (Å²) in [6, 6.07) is 62.6. The van der Waals surface area contributed by atoms with E-state index in [1.54, 1.807) is 0 Å². The van der Waals surface area contributed by atoms with E-state index in [1.165, 1.54) is 0 Å². The summed E-state index contributed by atoms with van der Waals surface area (Å²) < 4.78 is 20.1. The third-order valence-corrected chi connectivity index (χ3v) is 14.9. The molecule has 0 amide bonds. The molecular weight excluding hydrogens is 876 g/mol. The van der Waals surface area contributed by atoms with E-state index in [2.05, 4.69) is 126 Å². The van der Waals surface area contributed by atoms with E-state index in [1.807, 2.05) is 60.7 Å². The minimum absolute atomic E-state index is 0.0112. The van der Waals surface area contributed by atoms with Crippen molar-refractivity contribution in [3.05, 3.63) is 204 Å². The van der Waals surface area contributed by atoms with E-state index in [0.29, 0.717) is 28.0 Å². The van der Waals surface area contributed by atoms with Gasteiger partial charge >= 0.3 is 0 Å². The van der Waals surface area contributed by atoms with Crippen LogP contribution < -0.4 is 42.4 Å². The van der Waals surface area contributed by atoms with Crippen LogP contribution in [-0.4, -0.2) is 52.2 Å². The van der Waals surface area contributed by atoms with Gasteiger partial charge in [-0.2, -0.15) is 0 Å². The minimum Gasteiger partial charge on any atom is -0.509 e. The van der Waals surface area contributed by atoms with Crippen LogP contribution in [0, 0.1) is 0 Å². The SMILES string of the molecule is [B]c1c(O)c([B])c2c(oc3c([B])c([B])c(-c4cc(N(c5ccccc5)c5ccccc5-c5cccc6oc7ccccc7c56)cc5c4Oc4ccccc4C54c5ccccc5-c5ccccc54)c([B])c32)c1[B]. The number of phenols is 1. The monoisotopic (exact) mass is 907 g/mol. The van der Waals surface area contributed by atoms with Crippen LogP contribution in [0.25, 0.3) is 77.3 Å². The lowest BCUT2D eigenvalue weighted by molar-refractivity contribution is 0.438. The molecule has 1 spiro atoms. The molecule has 0 saturated carbocycles. The number of para-hydroxylation sites is 4. The summed E-state index contributed by atoms with van der Waals surface area (Å²) >= 11 is 0. The van der Waals surface area contributed by atoms with Gasteiger partial charge < -0.3 is 23.6 Å². The second-order valence-electron chi connectivity index (χ2n) is 18.5. The first-order valence-electron chi connectivity index (χ1n) is 23.5. The molecule has 0 saturated heterocycles. The summed E-state index contributed by atoms with van der Waals surface area (Å²) in [5, 5.41) is 13.8. The zero-order chi connectivity index (χ0) is 48.7. The molecule has 5 nitrogen and oxygen atoms in total. The zero-order valence-electron chi connectivity index (χ0n) is 38.4. The average molecular weight is 907 g/mol. The molecule has 2 aromatic heterocycles. The first-order valence-corrected chi connectivity index (χ1v) is 23.5. The Morgan fingerprint density at radius 2 is 0.986 bits per heavy atom. The molecule has 3 heterocycles. The van der Waals surface area contributed by atoms with E-state index in [9.17, 15) is 5.11 Å². The molecule has 1 N–H and O–H groups in total. The van der Waals surface area contributed by atoms with Crippen LogP contribution in [0.15, 0.2) is 191 Å². The highest BCUT2D eigenvalue weighted by atomic mass is 16.5. The van der Waals surface area contributed by atoms with Crippen molar-refractivity contribution in [2.45, 2.75) is 5.41 Å². The molecule has 0 bridgehead atoms. The quantitative estimate of drug-likeness (QED) is 0.175. The smallest absolute Gasteiger partial charge is 0.140 e. The van der Waals surface area contributed by atoms with Gasteiger partial charge in [0.15, 0.2) is 0 Å². The number of benzene rings is 10. The molecular formula is C61H31B6NO4. The number of furan rings is 2. The zero-order valence-corrected chi connectivity index (χ0v) is 38.4. The van der Waals surface area contributed by atoms with E-state index >= 15 is 0 Å². The normalized spacial score (nSPS) is 13.1. The van der Waals surface area contributed by atoms with E-state index in [4.69, 9.17) is 60.6 Å². The Labute approximate surface area is 422 Å². The van der Waals surface area contributed by atoms with Crippen molar-refractivity contribution in [1.82, 2.24) is 0 Å². The summed E-state index contributed by atoms with van der Waals surface area (Å²) in [5.74, 6) is 0.785. The Bertz CT molecular complexity index is 4270. The maximum absolute atomic E-state index is 11.2. The highest BCUT2D eigenvalue weighted by Gasteiger charge is 2.52. The van der Waals surface area contributed by atoms with Crippen LogP contribution in [0.5, 0.6) is 17.2 Å². The lowest BCUT2D eigenvalue weighted by Gasteiger charge is -2.41. The molecule has 72 heavy (non-hydrogen) atoms. The highest BCUT2D eigenvalue weighted by molar-refractivity contribution is 6.63. The Kier molecular flexibility index (Phi) is 9.17. The Morgan fingerprint density at radius 3 is 1.74 bits per heavy atom. The number of hydrogen-bond donors (Lipinski definition) is 1. The molecule has 0 fully saturated rings. The van der Waals surface area contributed by atoms with Gasteiger partial charge in [0.2, 0.25) is 0 Å². The lowest BCUT2D eigenvalue weighted by atomic mass is 9.64. The molecule has 1 aliphatic heterocycles. The summed E-state index contributed by atoms with van der Waals surface area (Å²) in [6.45, 7) is 0. The van der Waals surface area contributed by atoms with Crippen LogP contribution in [0.3, 0.4) is 0 Å². The third-order valence-electron chi connectivity index (χ3n) is 14.9. The summed E-state index contributed by atoms with van der Waals surface area (Å²) in [5.41, 5.74) is 12.8. The van der Waals surface area contributed by atoms with Gasteiger partial charge in [-0.1, -0.05) is 161 Å². The maximum Gasteiger partial charge on any atom is 0.140 e. The van der Waals surface area contributed by atoms with Crippen molar-refractivity contribution in [3.8, 4) is 50.6 Å². The number of phenolic OH excluding ortho intramolecular Hbond substituents is 1. The second kappa shape index (κ2) is 15.5. The maximum atomic E-state index is 11.2. The Balaban J connectivity index is 1.15. The van der Waals surface area contributed by atoms with Crippen molar-refractivity contribution in [1.29, 1.82) is 0 Å². The summed E-state index contributed by atoms with van der Waals surface area (Å²) in [7, 11) is 41.4. The molecule has 14 rings (SSSR count). The van der Waals surface area contributed by atoms with Crippen molar-refractivity contribution >= 4 is 141 Å². The third kappa shape index (κ3) is 5.62. The molecule has 2 aliphatic rings. The first-order chi connectivity index (χ1) is 35.2. The Morgan fingerprint density at radius 1 is 0.403 bits per heavy atom. The molecule has 0 unspecified atom stereocenters. The van der Waals surface area contributed by atoms with E-state index < -0.39 is 11.2 Å². The number of rotatable bonds is 5. The summed E-state index contributed by atoms with van der Waals surface area (Å²) in [4.78, 5) is 2.27. The fraction of sp³-hybridized carbons (Fsp3) is 0.0164. The fourth-order valence-corrected chi connectivity index (χ4v) is 11.8. The predicted octanol–water partition coefficient (Wildman–Crippen LogP) is 9.23. The van der Waals surface area contributed by atoms with Crippen LogP contribution in [0.4, 0.5) is 17.1 Å². The van der Waals surface area contributed by atoms with Gasteiger partial charge in [0.25, 0.3) is 0 Å². The van der Waals surface area contributed by atoms with E-state index in [0.717, 1.165) is 83.5 Å². The first kappa shape index (κ1) is 42.5. The number of nitrogens with zero attached hydrogens (tertiary/aromatic N) is 1. The van der Waals surface area contributed by atoms with Gasteiger partial charge in [-0.15, -0.1) is 0 Å². The molecule has 322 valence electrons. The largest absolute Gasteiger partial charge is 0.509 e. The van der Waals surface area contributed by atoms with Crippen LogP contribution in [0.1, 0.15) is 22.3 Å². The highest BCUT2D eigenvalue weighted by Crippen LogP contribution is 2.64. The van der Waals surface area contributed by atoms with Crippen LogP contribution in [0.2, 0.25) is 0 Å². The van der Waals surface area contributed by atoms with Crippen molar-refractivity contribution < 1.29 is 18.7 Å².